The first kappa shape index (κ1) is 8.37. The highest BCUT2D eigenvalue weighted by atomic mass is 32.2. The van der Waals surface area contributed by atoms with Crippen LogP contribution in [-0.2, 0) is 4.18 Å². The summed E-state index contributed by atoms with van der Waals surface area (Å²) in [5, 5.41) is 0. The van der Waals surface area contributed by atoms with Crippen LogP contribution in [-0.4, -0.2) is 7.11 Å². The highest BCUT2D eigenvalue weighted by Crippen LogP contribution is 2.18. The van der Waals surface area contributed by atoms with Crippen LogP contribution in [0.4, 0.5) is 0 Å². The van der Waals surface area contributed by atoms with Crippen LogP contribution >= 0.6 is 12.0 Å². The van der Waals surface area contributed by atoms with Gasteiger partial charge in [0.2, 0.25) is 0 Å². The molecule has 11 heavy (non-hydrogen) atoms. The van der Waals surface area contributed by atoms with E-state index in [-0.39, 0.29) is 0 Å². The van der Waals surface area contributed by atoms with Gasteiger partial charge in [-0.05, 0) is 17.7 Å². The first-order valence-corrected chi connectivity index (χ1v) is 4.04. The highest BCUT2D eigenvalue weighted by molar-refractivity contribution is 7.94. The molecule has 1 aromatic carbocycles. The molecule has 1 aromatic rings. The Bertz CT molecular complexity index is 228. The van der Waals surface area contributed by atoms with Gasteiger partial charge in [-0.3, -0.25) is 0 Å². The van der Waals surface area contributed by atoms with E-state index in [1.54, 1.807) is 7.11 Å². The molecular weight excluding hydrogens is 156 g/mol. The summed E-state index contributed by atoms with van der Waals surface area (Å²) in [6.45, 7) is 3.67. The van der Waals surface area contributed by atoms with Gasteiger partial charge < -0.3 is 4.18 Å². The summed E-state index contributed by atoms with van der Waals surface area (Å²) < 4.78 is 4.89. The summed E-state index contributed by atoms with van der Waals surface area (Å²) >= 11 is 1.36. The summed E-state index contributed by atoms with van der Waals surface area (Å²) in [5.74, 6) is 0. The fourth-order valence-corrected chi connectivity index (χ4v) is 1.20. The zero-order chi connectivity index (χ0) is 8.10. The van der Waals surface area contributed by atoms with Gasteiger partial charge >= 0.3 is 0 Å². The summed E-state index contributed by atoms with van der Waals surface area (Å²) in [4.78, 5) is 1.11. The topological polar surface area (TPSA) is 9.23 Å². The molecule has 0 amide bonds. The van der Waals surface area contributed by atoms with Crippen LogP contribution in [0.3, 0.4) is 0 Å². The van der Waals surface area contributed by atoms with E-state index in [9.17, 15) is 0 Å². The van der Waals surface area contributed by atoms with Gasteiger partial charge in [0.25, 0.3) is 0 Å². The molecule has 1 rings (SSSR count). The van der Waals surface area contributed by atoms with Crippen LogP contribution in [0.1, 0.15) is 5.56 Å². The third-order valence-corrected chi connectivity index (χ3v) is 1.93. The maximum Gasteiger partial charge on any atom is 0.0508 e. The monoisotopic (exact) mass is 166 g/mol. The summed E-state index contributed by atoms with van der Waals surface area (Å²) in [6.07, 6.45) is 1.82. The van der Waals surface area contributed by atoms with Crippen molar-refractivity contribution in [2.75, 3.05) is 7.11 Å². The lowest BCUT2D eigenvalue weighted by Crippen LogP contribution is -1.73. The van der Waals surface area contributed by atoms with Crippen molar-refractivity contribution in [2.24, 2.45) is 0 Å². The number of hydrogen-bond acceptors (Lipinski definition) is 2. The van der Waals surface area contributed by atoms with E-state index in [1.807, 2.05) is 30.3 Å². The second-order valence-corrected chi connectivity index (χ2v) is 2.99. The lowest BCUT2D eigenvalue weighted by molar-refractivity contribution is 0.490. The molecule has 0 aliphatic rings. The highest BCUT2D eigenvalue weighted by Gasteiger charge is 1.90. The van der Waals surface area contributed by atoms with Gasteiger partial charge in [0.1, 0.15) is 0 Å². The van der Waals surface area contributed by atoms with E-state index in [4.69, 9.17) is 4.18 Å². The van der Waals surface area contributed by atoms with Crippen molar-refractivity contribution in [3.63, 3.8) is 0 Å². The van der Waals surface area contributed by atoms with Crippen molar-refractivity contribution in [3.8, 4) is 0 Å². The van der Waals surface area contributed by atoms with Crippen LogP contribution in [0.15, 0.2) is 35.7 Å². The van der Waals surface area contributed by atoms with Crippen LogP contribution < -0.4 is 0 Å². The van der Waals surface area contributed by atoms with Crippen LogP contribution in [0.2, 0.25) is 0 Å². The van der Waals surface area contributed by atoms with E-state index >= 15 is 0 Å². The predicted octanol–water partition coefficient (Wildman–Crippen LogP) is 2.98. The predicted molar refractivity (Wildman–Crippen MR) is 49.4 cm³/mol. The minimum Gasteiger partial charge on any atom is -0.314 e. The minimum absolute atomic E-state index is 1.11. The van der Waals surface area contributed by atoms with Crippen molar-refractivity contribution in [2.45, 2.75) is 4.90 Å². The van der Waals surface area contributed by atoms with E-state index in [1.165, 1.54) is 12.0 Å². The van der Waals surface area contributed by atoms with Crippen LogP contribution in [0.5, 0.6) is 0 Å². The number of rotatable bonds is 3. The fourth-order valence-electron chi connectivity index (χ4n) is 0.756. The average molecular weight is 166 g/mol. The molecule has 0 aromatic heterocycles. The lowest BCUT2D eigenvalue weighted by Gasteiger charge is -1.97. The quantitative estimate of drug-likeness (QED) is 0.638. The molecule has 1 nitrogen and oxygen atoms in total. The zero-order valence-corrected chi connectivity index (χ0v) is 7.23. The molecule has 0 saturated carbocycles. The lowest BCUT2D eigenvalue weighted by atomic mass is 10.2. The van der Waals surface area contributed by atoms with Gasteiger partial charge in [-0.2, -0.15) is 0 Å². The number of benzene rings is 1. The minimum atomic E-state index is 1.11. The SMILES string of the molecule is C=Cc1ccc(SOC)cc1. The zero-order valence-electron chi connectivity index (χ0n) is 6.41. The molecule has 58 valence electrons. The first-order chi connectivity index (χ1) is 5.36. The van der Waals surface area contributed by atoms with Crippen molar-refractivity contribution in [3.05, 3.63) is 36.4 Å². The maximum absolute atomic E-state index is 4.89. The molecule has 0 unspecified atom stereocenters. The molecule has 0 saturated heterocycles. The van der Waals surface area contributed by atoms with E-state index < -0.39 is 0 Å². The first-order valence-electron chi connectivity index (χ1n) is 3.30. The van der Waals surface area contributed by atoms with Gasteiger partial charge in [-0.15, -0.1) is 0 Å². The molecule has 0 N–H and O–H groups in total. The summed E-state index contributed by atoms with van der Waals surface area (Å²) in [6, 6.07) is 8.03. The Morgan fingerprint density at radius 3 is 2.45 bits per heavy atom. The second kappa shape index (κ2) is 4.21. The van der Waals surface area contributed by atoms with E-state index in [2.05, 4.69) is 6.58 Å². The van der Waals surface area contributed by atoms with Crippen molar-refractivity contribution < 1.29 is 4.18 Å². The fraction of sp³-hybridized carbons (Fsp3) is 0.111. The molecule has 0 fully saturated rings. The third kappa shape index (κ3) is 2.41. The largest absolute Gasteiger partial charge is 0.314 e. The van der Waals surface area contributed by atoms with Gasteiger partial charge in [-0.25, -0.2) is 0 Å². The summed E-state index contributed by atoms with van der Waals surface area (Å²) in [5.41, 5.74) is 1.13. The van der Waals surface area contributed by atoms with Crippen LogP contribution in [0, 0.1) is 0 Å². The molecule has 0 aliphatic heterocycles. The van der Waals surface area contributed by atoms with E-state index in [0.717, 1.165) is 10.5 Å². The molecule has 0 bridgehead atoms. The molecular formula is C9H10OS. The standard InChI is InChI=1S/C9H10OS/c1-3-8-4-6-9(7-5-8)11-10-2/h3-7H,1H2,2H3. The second-order valence-electron chi connectivity index (χ2n) is 2.02. The van der Waals surface area contributed by atoms with Crippen molar-refractivity contribution in [1.29, 1.82) is 0 Å². The Morgan fingerprint density at radius 1 is 1.36 bits per heavy atom. The molecule has 0 aliphatic carbocycles. The Kier molecular flexibility index (Phi) is 3.20. The van der Waals surface area contributed by atoms with Gasteiger partial charge in [-0.1, -0.05) is 24.8 Å². The Labute approximate surface area is 71.3 Å². The molecule has 0 radical (unpaired) electrons. The van der Waals surface area contributed by atoms with Crippen molar-refractivity contribution >= 4 is 18.1 Å². The smallest absolute Gasteiger partial charge is 0.0508 e. The maximum atomic E-state index is 4.89. The Balaban J connectivity index is 2.74. The Hall–Kier alpha value is -0.730. The molecule has 2 heteroatoms. The Morgan fingerprint density at radius 2 is 2.00 bits per heavy atom. The molecule has 0 atom stereocenters. The van der Waals surface area contributed by atoms with Gasteiger partial charge in [0, 0.05) is 16.9 Å². The third-order valence-electron chi connectivity index (χ3n) is 1.30. The van der Waals surface area contributed by atoms with Gasteiger partial charge in [0.05, 0.1) is 7.11 Å². The average Bonchev–Trinajstić information content (AvgIpc) is 2.07. The number of hydrogen-bond donors (Lipinski definition) is 0. The molecule has 0 heterocycles. The van der Waals surface area contributed by atoms with Crippen LogP contribution in [0.25, 0.3) is 6.08 Å². The van der Waals surface area contributed by atoms with Gasteiger partial charge in [0.15, 0.2) is 0 Å². The normalized spacial score (nSPS) is 9.55. The summed E-state index contributed by atoms with van der Waals surface area (Å²) in [7, 11) is 1.66. The van der Waals surface area contributed by atoms with E-state index in [0.29, 0.717) is 0 Å². The van der Waals surface area contributed by atoms with Crippen molar-refractivity contribution in [1.82, 2.24) is 0 Å². The molecule has 0 spiro atoms.